The number of rotatable bonds is 4. The molecule has 3 rings (SSSR count). The van der Waals surface area contributed by atoms with Gasteiger partial charge in [0.05, 0.1) is 10.9 Å². The lowest BCUT2D eigenvalue weighted by molar-refractivity contribution is 0.100. The molecule has 0 aliphatic carbocycles. The van der Waals surface area contributed by atoms with Gasteiger partial charge in [0.2, 0.25) is 0 Å². The van der Waals surface area contributed by atoms with E-state index >= 15 is 0 Å². The van der Waals surface area contributed by atoms with Crippen molar-refractivity contribution in [3.05, 3.63) is 39.4 Å². The topological polar surface area (TPSA) is 41.0 Å². The molecule has 1 aliphatic heterocycles. The minimum Gasteiger partial charge on any atom is -0.332 e. The number of fused-ring (bicyclic) bond motifs is 1. The number of hydrogen-bond donors (Lipinski definition) is 1. The number of H-pyrrole nitrogens is 1. The summed E-state index contributed by atoms with van der Waals surface area (Å²) in [6.07, 6.45) is 4.83. The minimum atomic E-state index is 0.0177. The molecule has 1 aromatic heterocycles. The maximum atomic E-state index is 12.6. The monoisotopic (exact) mass is 331 g/mol. The van der Waals surface area contributed by atoms with Gasteiger partial charge in [-0.25, -0.2) is 0 Å². The van der Waals surface area contributed by atoms with Crippen molar-refractivity contribution in [2.45, 2.75) is 58.2 Å². The van der Waals surface area contributed by atoms with Crippen molar-refractivity contribution in [2.75, 3.05) is 6.54 Å². The van der Waals surface area contributed by atoms with Gasteiger partial charge in [0.1, 0.15) is 0 Å². The maximum absolute atomic E-state index is 12.6. The summed E-state index contributed by atoms with van der Waals surface area (Å²) in [5, 5.41) is 0.709. The van der Waals surface area contributed by atoms with Crippen molar-refractivity contribution >= 4 is 23.1 Å². The lowest BCUT2D eigenvalue weighted by Gasteiger charge is -2.39. The fraction of sp³-hybridized carbons (Fsp3) is 0.556. The highest BCUT2D eigenvalue weighted by Crippen LogP contribution is 2.22. The standard InChI is InChI=1S/C18H25N3OS/c1-13-7-5-8-14(2)20(13)11-6-12-21-17(22)15-9-3-4-10-16(15)19-18(21)23/h3-4,9-10,13-14H,5-8,11-12H2,1-2H3,(H,19,23)/t13-,14-/m0/s1. The minimum absolute atomic E-state index is 0.0177. The number of piperidine rings is 1. The first-order chi connectivity index (χ1) is 11.1. The Bertz CT molecular complexity index is 785. The zero-order valence-corrected chi connectivity index (χ0v) is 14.7. The van der Waals surface area contributed by atoms with Crippen molar-refractivity contribution in [1.29, 1.82) is 0 Å². The first-order valence-corrected chi connectivity index (χ1v) is 8.96. The molecule has 0 radical (unpaired) electrons. The Labute approximate surface area is 142 Å². The molecule has 1 aliphatic rings. The first-order valence-electron chi connectivity index (χ1n) is 8.55. The molecular formula is C18H25N3OS. The number of hydrogen-bond acceptors (Lipinski definition) is 3. The molecule has 0 amide bonds. The molecule has 1 N–H and O–H groups in total. The Kier molecular flexibility index (Phi) is 4.97. The summed E-state index contributed by atoms with van der Waals surface area (Å²) in [4.78, 5) is 18.4. The molecule has 1 fully saturated rings. The molecule has 0 spiro atoms. The molecule has 1 saturated heterocycles. The Morgan fingerprint density at radius 2 is 1.87 bits per heavy atom. The predicted molar refractivity (Wildman–Crippen MR) is 97.5 cm³/mol. The number of benzene rings is 1. The van der Waals surface area contributed by atoms with E-state index in [4.69, 9.17) is 12.2 Å². The Morgan fingerprint density at radius 1 is 1.17 bits per heavy atom. The highest BCUT2D eigenvalue weighted by molar-refractivity contribution is 7.71. The second-order valence-corrected chi connectivity index (χ2v) is 7.04. The number of nitrogens with zero attached hydrogens (tertiary/aromatic N) is 2. The molecule has 23 heavy (non-hydrogen) atoms. The van der Waals surface area contributed by atoms with Crippen molar-refractivity contribution in [3.8, 4) is 0 Å². The Morgan fingerprint density at radius 3 is 2.61 bits per heavy atom. The second-order valence-electron chi connectivity index (χ2n) is 6.65. The van der Waals surface area contributed by atoms with Crippen LogP contribution in [-0.2, 0) is 6.54 Å². The summed E-state index contributed by atoms with van der Waals surface area (Å²) in [6.45, 7) is 6.32. The van der Waals surface area contributed by atoms with Crippen LogP contribution in [0.4, 0.5) is 0 Å². The summed E-state index contributed by atoms with van der Waals surface area (Å²) in [5.74, 6) is 0. The van der Waals surface area contributed by atoms with Crippen LogP contribution in [0.15, 0.2) is 29.1 Å². The third kappa shape index (κ3) is 3.40. The van der Waals surface area contributed by atoms with Gasteiger partial charge in [0, 0.05) is 25.2 Å². The van der Waals surface area contributed by atoms with E-state index in [1.807, 2.05) is 24.3 Å². The third-order valence-corrected chi connectivity index (χ3v) is 5.39. The summed E-state index contributed by atoms with van der Waals surface area (Å²) < 4.78 is 2.23. The average Bonchev–Trinajstić information content (AvgIpc) is 2.53. The predicted octanol–water partition coefficient (Wildman–Crippen LogP) is 3.71. The van der Waals surface area contributed by atoms with E-state index in [1.165, 1.54) is 19.3 Å². The van der Waals surface area contributed by atoms with Crippen molar-refractivity contribution in [1.82, 2.24) is 14.5 Å². The summed E-state index contributed by atoms with van der Waals surface area (Å²) in [5.41, 5.74) is 0.834. The number of aromatic amines is 1. The van der Waals surface area contributed by atoms with E-state index in [-0.39, 0.29) is 5.56 Å². The van der Waals surface area contributed by atoms with E-state index < -0.39 is 0 Å². The van der Waals surface area contributed by atoms with Crippen LogP contribution in [0.5, 0.6) is 0 Å². The quantitative estimate of drug-likeness (QED) is 0.868. The molecule has 2 heterocycles. The van der Waals surface area contributed by atoms with Gasteiger partial charge in [-0.15, -0.1) is 0 Å². The van der Waals surface area contributed by atoms with Gasteiger partial charge in [-0.1, -0.05) is 18.6 Å². The zero-order valence-electron chi connectivity index (χ0n) is 13.9. The zero-order chi connectivity index (χ0) is 16.4. The van der Waals surface area contributed by atoms with E-state index in [2.05, 4.69) is 23.7 Å². The fourth-order valence-corrected chi connectivity index (χ4v) is 4.01. The van der Waals surface area contributed by atoms with Crippen LogP contribution in [0.3, 0.4) is 0 Å². The largest absolute Gasteiger partial charge is 0.332 e. The lowest BCUT2D eigenvalue weighted by atomic mass is 9.97. The highest BCUT2D eigenvalue weighted by Gasteiger charge is 2.23. The summed E-state index contributed by atoms with van der Waals surface area (Å²) >= 11 is 5.38. The van der Waals surface area contributed by atoms with E-state index in [0.29, 0.717) is 28.8 Å². The van der Waals surface area contributed by atoms with Gasteiger partial charge >= 0.3 is 0 Å². The molecule has 124 valence electrons. The van der Waals surface area contributed by atoms with Gasteiger partial charge in [-0.3, -0.25) is 14.3 Å². The number of para-hydroxylation sites is 1. The number of nitrogens with one attached hydrogen (secondary N) is 1. The molecule has 4 nitrogen and oxygen atoms in total. The lowest BCUT2D eigenvalue weighted by Crippen LogP contribution is -2.44. The number of aromatic nitrogens is 2. The van der Waals surface area contributed by atoms with Crippen LogP contribution < -0.4 is 5.56 Å². The molecule has 2 atom stereocenters. The van der Waals surface area contributed by atoms with Crippen LogP contribution in [0.1, 0.15) is 39.5 Å². The van der Waals surface area contributed by atoms with Crippen molar-refractivity contribution in [3.63, 3.8) is 0 Å². The molecule has 2 aromatic rings. The van der Waals surface area contributed by atoms with E-state index in [9.17, 15) is 4.79 Å². The summed E-state index contributed by atoms with van der Waals surface area (Å²) in [7, 11) is 0. The van der Waals surface area contributed by atoms with Crippen LogP contribution in [-0.4, -0.2) is 33.1 Å². The Balaban J connectivity index is 1.75. The van der Waals surface area contributed by atoms with Crippen LogP contribution in [0.25, 0.3) is 10.9 Å². The van der Waals surface area contributed by atoms with E-state index in [0.717, 1.165) is 18.5 Å². The molecule has 0 saturated carbocycles. The number of likely N-dealkylation sites (tertiary alicyclic amines) is 1. The van der Waals surface area contributed by atoms with E-state index in [1.54, 1.807) is 4.57 Å². The second kappa shape index (κ2) is 6.97. The fourth-order valence-electron chi connectivity index (χ4n) is 3.73. The Hall–Kier alpha value is -1.46. The van der Waals surface area contributed by atoms with Gasteiger partial charge in [0.25, 0.3) is 5.56 Å². The normalized spacial score (nSPS) is 22.5. The third-order valence-electron chi connectivity index (χ3n) is 5.06. The van der Waals surface area contributed by atoms with Gasteiger partial charge in [-0.2, -0.15) is 0 Å². The maximum Gasteiger partial charge on any atom is 0.262 e. The SMILES string of the molecule is C[C@H]1CCC[C@H](C)N1CCCn1c(=S)[nH]c2ccccc2c1=O. The van der Waals surface area contributed by atoms with Gasteiger partial charge < -0.3 is 4.98 Å². The smallest absolute Gasteiger partial charge is 0.262 e. The summed E-state index contributed by atoms with van der Waals surface area (Å²) in [6, 6.07) is 8.84. The molecular weight excluding hydrogens is 306 g/mol. The molecule has 0 bridgehead atoms. The highest BCUT2D eigenvalue weighted by atomic mass is 32.1. The molecule has 5 heteroatoms. The van der Waals surface area contributed by atoms with Gasteiger partial charge in [-0.05, 0) is 57.5 Å². The molecule has 1 aromatic carbocycles. The first kappa shape index (κ1) is 16.4. The molecule has 0 unspecified atom stereocenters. The van der Waals surface area contributed by atoms with Crippen LogP contribution >= 0.6 is 12.2 Å². The van der Waals surface area contributed by atoms with Gasteiger partial charge in [0.15, 0.2) is 4.77 Å². The van der Waals surface area contributed by atoms with Crippen LogP contribution in [0, 0.1) is 4.77 Å². The average molecular weight is 331 g/mol. The van der Waals surface area contributed by atoms with Crippen LogP contribution in [0.2, 0.25) is 0 Å². The van der Waals surface area contributed by atoms with Crippen molar-refractivity contribution < 1.29 is 0 Å². The van der Waals surface area contributed by atoms with Crippen molar-refractivity contribution in [2.24, 2.45) is 0 Å².